The summed E-state index contributed by atoms with van der Waals surface area (Å²) in [7, 11) is 0. The summed E-state index contributed by atoms with van der Waals surface area (Å²) in [5.74, 6) is 0. The van der Waals surface area contributed by atoms with E-state index >= 15 is 0 Å². The Morgan fingerprint density at radius 3 is 2.08 bits per heavy atom. The third-order valence-electron chi connectivity index (χ3n) is 1.57. The molecule has 0 nitrogen and oxygen atoms in total. The van der Waals surface area contributed by atoms with Crippen molar-refractivity contribution in [3.05, 3.63) is 35.9 Å². The molecule has 0 bridgehead atoms. The van der Waals surface area contributed by atoms with Gasteiger partial charge in [0.25, 0.3) is 0 Å². The van der Waals surface area contributed by atoms with E-state index in [9.17, 15) is 0 Å². The van der Waals surface area contributed by atoms with Crippen molar-refractivity contribution in [1.29, 1.82) is 0 Å². The Morgan fingerprint density at radius 2 is 1.62 bits per heavy atom. The molecule has 0 unspecified atom stereocenters. The molecule has 1 atom stereocenters. The first-order valence-electron chi connectivity index (χ1n) is 3.75. The topological polar surface area (TPSA) is 0 Å². The van der Waals surface area contributed by atoms with Gasteiger partial charge in [0, 0.05) is 6.42 Å². The Morgan fingerprint density at radius 1 is 1.08 bits per heavy atom. The van der Waals surface area contributed by atoms with E-state index in [2.05, 4.69) is 0 Å². The van der Waals surface area contributed by atoms with Gasteiger partial charge in [-0.1, -0.05) is 65.1 Å². The highest BCUT2D eigenvalue weighted by Crippen LogP contribution is 2.39. The fourth-order valence-corrected chi connectivity index (χ4v) is 2.06. The van der Waals surface area contributed by atoms with Crippen LogP contribution in [-0.4, -0.2) is 3.79 Å². The van der Waals surface area contributed by atoms with Crippen molar-refractivity contribution in [2.45, 2.75) is 15.6 Å². The molecule has 0 heterocycles. The Balaban J connectivity index is 2.64. The molecular weight excluding hydrogens is 250 g/mol. The zero-order valence-electron chi connectivity index (χ0n) is 6.68. The van der Waals surface area contributed by atoms with Gasteiger partial charge in [-0.15, -0.1) is 11.6 Å². The van der Waals surface area contributed by atoms with Gasteiger partial charge in [0.05, 0.1) is 5.38 Å². The molecule has 0 amide bonds. The number of hydrogen-bond donors (Lipinski definition) is 0. The average molecular weight is 258 g/mol. The van der Waals surface area contributed by atoms with Crippen LogP contribution in [0.3, 0.4) is 0 Å². The lowest BCUT2D eigenvalue weighted by atomic mass is 10.1. The minimum atomic E-state index is -1.29. The highest BCUT2D eigenvalue weighted by molar-refractivity contribution is 6.67. The summed E-state index contributed by atoms with van der Waals surface area (Å²) in [6, 6.07) is 9.55. The van der Waals surface area contributed by atoms with E-state index in [-0.39, 0.29) is 5.38 Å². The van der Waals surface area contributed by atoms with Crippen molar-refractivity contribution in [3.63, 3.8) is 0 Å². The predicted molar refractivity (Wildman–Crippen MR) is 59.9 cm³/mol. The van der Waals surface area contributed by atoms with Crippen LogP contribution < -0.4 is 0 Å². The molecule has 0 fully saturated rings. The van der Waals surface area contributed by atoms with Gasteiger partial charge >= 0.3 is 0 Å². The Kier molecular flexibility index (Phi) is 4.18. The van der Waals surface area contributed by atoms with Crippen LogP contribution in [0.1, 0.15) is 17.4 Å². The Labute approximate surface area is 97.7 Å². The lowest BCUT2D eigenvalue weighted by Crippen LogP contribution is -2.06. The lowest BCUT2D eigenvalue weighted by Gasteiger charge is -2.15. The predicted octanol–water partition coefficient (Wildman–Crippen LogP) is 4.73. The van der Waals surface area contributed by atoms with E-state index in [4.69, 9.17) is 46.4 Å². The zero-order valence-corrected chi connectivity index (χ0v) is 9.71. The van der Waals surface area contributed by atoms with Crippen LogP contribution in [0.15, 0.2) is 30.3 Å². The molecule has 1 rings (SSSR count). The summed E-state index contributed by atoms with van der Waals surface area (Å²) in [6.45, 7) is 0. The molecule has 4 heteroatoms. The third-order valence-corrected chi connectivity index (χ3v) is 2.44. The molecule has 0 spiro atoms. The van der Waals surface area contributed by atoms with Crippen molar-refractivity contribution < 1.29 is 0 Å². The van der Waals surface area contributed by atoms with Gasteiger partial charge in [0.1, 0.15) is 0 Å². The molecule has 1 aromatic rings. The van der Waals surface area contributed by atoms with Gasteiger partial charge in [0.15, 0.2) is 3.79 Å². The second kappa shape index (κ2) is 4.75. The molecule has 72 valence electrons. The number of halogens is 4. The minimum Gasteiger partial charge on any atom is -0.118 e. The van der Waals surface area contributed by atoms with Gasteiger partial charge in [0.2, 0.25) is 0 Å². The molecule has 0 radical (unpaired) electrons. The highest BCUT2D eigenvalue weighted by atomic mass is 35.6. The highest BCUT2D eigenvalue weighted by Gasteiger charge is 2.24. The van der Waals surface area contributed by atoms with Crippen molar-refractivity contribution >= 4 is 46.4 Å². The smallest absolute Gasteiger partial charge is 0.118 e. The first-order valence-corrected chi connectivity index (χ1v) is 5.32. The maximum atomic E-state index is 6.04. The maximum absolute atomic E-state index is 6.04. The Hall–Kier alpha value is 0.380. The molecular formula is C9H8Cl4. The van der Waals surface area contributed by atoms with Gasteiger partial charge in [-0.25, -0.2) is 0 Å². The second-order valence-electron chi connectivity index (χ2n) is 2.70. The van der Waals surface area contributed by atoms with Crippen LogP contribution in [0.5, 0.6) is 0 Å². The molecule has 0 saturated carbocycles. The monoisotopic (exact) mass is 256 g/mol. The van der Waals surface area contributed by atoms with Crippen molar-refractivity contribution in [1.82, 2.24) is 0 Å². The van der Waals surface area contributed by atoms with Crippen molar-refractivity contribution in [2.24, 2.45) is 0 Å². The molecule has 0 aliphatic carbocycles. The number of alkyl halides is 4. The van der Waals surface area contributed by atoms with E-state index in [1.807, 2.05) is 30.3 Å². The van der Waals surface area contributed by atoms with Gasteiger partial charge in [-0.2, -0.15) is 0 Å². The summed E-state index contributed by atoms with van der Waals surface area (Å²) in [6.07, 6.45) is 0.309. The van der Waals surface area contributed by atoms with Crippen LogP contribution >= 0.6 is 46.4 Å². The fraction of sp³-hybridized carbons (Fsp3) is 0.333. The minimum absolute atomic E-state index is 0.256. The van der Waals surface area contributed by atoms with Crippen LogP contribution in [0.25, 0.3) is 0 Å². The van der Waals surface area contributed by atoms with Gasteiger partial charge in [-0.05, 0) is 5.56 Å². The molecule has 0 aromatic heterocycles. The fourth-order valence-electron chi connectivity index (χ4n) is 0.983. The van der Waals surface area contributed by atoms with Crippen molar-refractivity contribution in [2.75, 3.05) is 0 Å². The SMILES string of the molecule is Cl[C@@H](CC(Cl)(Cl)Cl)c1ccccc1. The average Bonchev–Trinajstić information content (AvgIpc) is 2.03. The standard InChI is InChI=1S/C9H8Cl4/c10-8(6-9(11,12)13)7-4-2-1-3-5-7/h1-5,8H,6H2/t8-/m0/s1. The number of rotatable bonds is 2. The van der Waals surface area contributed by atoms with E-state index in [1.54, 1.807) is 0 Å². The summed E-state index contributed by atoms with van der Waals surface area (Å²) < 4.78 is -1.29. The summed E-state index contributed by atoms with van der Waals surface area (Å²) in [4.78, 5) is 0. The summed E-state index contributed by atoms with van der Waals surface area (Å²) in [5.41, 5.74) is 0.968. The number of benzene rings is 1. The van der Waals surface area contributed by atoms with E-state index < -0.39 is 3.79 Å². The van der Waals surface area contributed by atoms with Gasteiger partial charge in [-0.3, -0.25) is 0 Å². The second-order valence-corrected chi connectivity index (χ2v) is 5.74. The quantitative estimate of drug-likeness (QED) is 0.673. The van der Waals surface area contributed by atoms with Crippen LogP contribution in [0.4, 0.5) is 0 Å². The molecule has 13 heavy (non-hydrogen) atoms. The van der Waals surface area contributed by atoms with E-state index in [0.29, 0.717) is 6.42 Å². The molecule has 0 aliphatic rings. The lowest BCUT2D eigenvalue weighted by molar-refractivity contribution is 0.821. The first-order chi connectivity index (χ1) is 5.99. The van der Waals surface area contributed by atoms with E-state index in [1.165, 1.54) is 0 Å². The summed E-state index contributed by atoms with van der Waals surface area (Å²) in [5, 5.41) is -0.256. The first kappa shape index (κ1) is 11.5. The van der Waals surface area contributed by atoms with E-state index in [0.717, 1.165) is 5.56 Å². The summed E-state index contributed by atoms with van der Waals surface area (Å²) >= 11 is 22.9. The van der Waals surface area contributed by atoms with Crippen molar-refractivity contribution in [3.8, 4) is 0 Å². The normalized spacial score (nSPS) is 14.2. The third kappa shape index (κ3) is 4.42. The molecule has 1 aromatic carbocycles. The zero-order chi connectivity index (χ0) is 9.90. The number of hydrogen-bond acceptors (Lipinski definition) is 0. The molecule has 0 aliphatic heterocycles. The Bertz CT molecular complexity index is 252. The van der Waals surface area contributed by atoms with Gasteiger partial charge < -0.3 is 0 Å². The van der Waals surface area contributed by atoms with Crippen LogP contribution in [-0.2, 0) is 0 Å². The largest absolute Gasteiger partial charge is 0.192 e. The van der Waals surface area contributed by atoms with Crippen LogP contribution in [0.2, 0.25) is 0 Å². The maximum Gasteiger partial charge on any atom is 0.192 e. The molecule has 0 saturated heterocycles. The molecule has 0 N–H and O–H groups in total. The van der Waals surface area contributed by atoms with Crippen LogP contribution in [0, 0.1) is 0 Å².